The van der Waals surface area contributed by atoms with Crippen molar-refractivity contribution in [1.82, 2.24) is 5.32 Å². The van der Waals surface area contributed by atoms with Crippen LogP contribution < -0.4 is 11.1 Å². The largest absolute Gasteiger partial charge is 0.324 e. The van der Waals surface area contributed by atoms with Crippen molar-refractivity contribution in [1.29, 1.82) is 0 Å². The van der Waals surface area contributed by atoms with Crippen LogP contribution in [0.1, 0.15) is 53.4 Å². The van der Waals surface area contributed by atoms with Gasteiger partial charge in [-0.3, -0.25) is 0 Å². The summed E-state index contributed by atoms with van der Waals surface area (Å²) < 4.78 is 0. The number of hydrogen-bond donors (Lipinski definition) is 2. The monoisotopic (exact) mass is 212 g/mol. The van der Waals surface area contributed by atoms with Crippen LogP contribution in [0.4, 0.5) is 0 Å². The fourth-order valence-electron chi connectivity index (χ4n) is 2.26. The number of nitrogens with two attached hydrogens (primary N) is 1. The van der Waals surface area contributed by atoms with E-state index in [2.05, 4.69) is 33.0 Å². The molecule has 0 aromatic heterocycles. The van der Waals surface area contributed by atoms with E-state index in [1.807, 2.05) is 0 Å². The molecule has 0 atom stereocenters. The van der Waals surface area contributed by atoms with E-state index in [0.29, 0.717) is 5.41 Å². The van der Waals surface area contributed by atoms with Gasteiger partial charge in [0.25, 0.3) is 0 Å². The van der Waals surface area contributed by atoms with Crippen molar-refractivity contribution in [3.8, 4) is 0 Å². The summed E-state index contributed by atoms with van der Waals surface area (Å²) in [6, 6.07) is 0. The summed E-state index contributed by atoms with van der Waals surface area (Å²) >= 11 is 0. The van der Waals surface area contributed by atoms with Gasteiger partial charge in [0, 0.05) is 12.1 Å². The molecule has 1 saturated carbocycles. The minimum Gasteiger partial charge on any atom is -0.324 e. The molecule has 0 heterocycles. The van der Waals surface area contributed by atoms with Gasteiger partial charge in [-0.2, -0.15) is 0 Å². The lowest BCUT2D eigenvalue weighted by molar-refractivity contribution is 0.187. The zero-order valence-electron chi connectivity index (χ0n) is 10.9. The molecule has 0 aromatic rings. The molecule has 0 amide bonds. The van der Waals surface area contributed by atoms with Crippen LogP contribution in [0.25, 0.3) is 0 Å². The lowest BCUT2D eigenvalue weighted by atomic mass is 9.73. The molecule has 15 heavy (non-hydrogen) atoms. The standard InChI is InChI=1S/C13H28N2/c1-12(2)7-5-11(6-8-12)9-15-10-13(3,4)14/h11,15H,5-10,14H2,1-4H3. The van der Waals surface area contributed by atoms with Crippen LogP contribution in [-0.2, 0) is 0 Å². The van der Waals surface area contributed by atoms with Gasteiger partial charge in [-0.1, -0.05) is 13.8 Å². The van der Waals surface area contributed by atoms with Crippen molar-refractivity contribution < 1.29 is 0 Å². The third-order valence-corrected chi connectivity index (χ3v) is 3.47. The zero-order valence-corrected chi connectivity index (χ0v) is 10.9. The molecule has 0 aliphatic heterocycles. The van der Waals surface area contributed by atoms with Crippen LogP contribution in [0.2, 0.25) is 0 Å². The summed E-state index contributed by atoms with van der Waals surface area (Å²) in [5.41, 5.74) is 6.44. The van der Waals surface area contributed by atoms with Crippen molar-refractivity contribution in [2.45, 2.75) is 58.9 Å². The number of nitrogens with one attached hydrogen (secondary N) is 1. The highest BCUT2D eigenvalue weighted by Crippen LogP contribution is 2.37. The van der Waals surface area contributed by atoms with Gasteiger partial charge in [-0.25, -0.2) is 0 Å². The molecular formula is C13H28N2. The predicted molar refractivity (Wildman–Crippen MR) is 66.9 cm³/mol. The average molecular weight is 212 g/mol. The molecule has 0 bridgehead atoms. The number of hydrogen-bond acceptors (Lipinski definition) is 2. The fourth-order valence-corrected chi connectivity index (χ4v) is 2.26. The molecule has 2 heteroatoms. The minimum atomic E-state index is -0.0755. The molecule has 0 aromatic carbocycles. The third kappa shape index (κ3) is 5.53. The van der Waals surface area contributed by atoms with Crippen molar-refractivity contribution >= 4 is 0 Å². The summed E-state index contributed by atoms with van der Waals surface area (Å²) in [6.07, 6.45) is 5.52. The molecule has 0 radical (unpaired) electrons. The molecule has 1 aliphatic rings. The van der Waals surface area contributed by atoms with E-state index in [1.54, 1.807) is 0 Å². The smallest absolute Gasteiger partial charge is 0.0223 e. The van der Waals surface area contributed by atoms with E-state index in [0.717, 1.165) is 19.0 Å². The van der Waals surface area contributed by atoms with Crippen molar-refractivity contribution in [3.63, 3.8) is 0 Å². The topological polar surface area (TPSA) is 38.0 Å². The quantitative estimate of drug-likeness (QED) is 0.751. The lowest BCUT2D eigenvalue weighted by Gasteiger charge is -2.34. The highest BCUT2D eigenvalue weighted by Gasteiger charge is 2.26. The average Bonchev–Trinajstić information content (AvgIpc) is 2.06. The maximum Gasteiger partial charge on any atom is 0.0223 e. The molecule has 0 saturated heterocycles. The van der Waals surface area contributed by atoms with E-state index in [9.17, 15) is 0 Å². The second-order valence-electron chi connectivity index (χ2n) is 6.73. The maximum absolute atomic E-state index is 5.93. The van der Waals surface area contributed by atoms with Crippen LogP contribution in [0.5, 0.6) is 0 Å². The van der Waals surface area contributed by atoms with Crippen LogP contribution in [0, 0.1) is 11.3 Å². The summed E-state index contributed by atoms with van der Waals surface area (Å²) in [7, 11) is 0. The highest BCUT2D eigenvalue weighted by atomic mass is 14.9. The van der Waals surface area contributed by atoms with E-state index < -0.39 is 0 Å². The first-order valence-electron chi connectivity index (χ1n) is 6.28. The molecule has 1 aliphatic carbocycles. The van der Waals surface area contributed by atoms with Crippen molar-refractivity contribution in [3.05, 3.63) is 0 Å². The maximum atomic E-state index is 5.93. The van der Waals surface area contributed by atoms with Gasteiger partial charge in [0.2, 0.25) is 0 Å². The first kappa shape index (κ1) is 13.0. The molecule has 0 spiro atoms. The van der Waals surface area contributed by atoms with E-state index in [4.69, 9.17) is 5.73 Å². The normalized spacial score (nSPS) is 23.0. The van der Waals surface area contributed by atoms with E-state index in [-0.39, 0.29) is 5.54 Å². The summed E-state index contributed by atoms with van der Waals surface area (Å²) in [6.45, 7) is 11.0. The summed E-state index contributed by atoms with van der Waals surface area (Å²) in [5, 5.41) is 3.50. The molecular weight excluding hydrogens is 184 g/mol. The summed E-state index contributed by atoms with van der Waals surface area (Å²) in [4.78, 5) is 0. The number of rotatable bonds is 4. The second-order valence-corrected chi connectivity index (χ2v) is 6.73. The van der Waals surface area contributed by atoms with Gasteiger partial charge >= 0.3 is 0 Å². The minimum absolute atomic E-state index is 0.0755. The first-order valence-corrected chi connectivity index (χ1v) is 6.28. The Morgan fingerprint density at radius 3 is 2.27 bits per heavy atom. The fraction of sp³-hybridized carbons (Fsp3) is 1.00. The van der Waals surface area contributed by atoms with Gasteiger partial charge in [0.05, 0.1) is 0 Å². The highest BCUT2D eigenvalue weighted by molar-refractivity contribution is 4.81. The van der Waals surface area contributed by atoms with Gasteiger partial charge in [0.15, 0.2) is 0 Å². The second kappa shape index (κ2) is 4.84. The van der Waals surface area contributed by atoms with Gasteiger partial charge in [-0.15, -0.1) is 0 Å². The Kier molecular flexibility index (Phi) is 4.19. The van der Waals surface area contributed by atoms with Gasteiger partial charge < -0.3 is 11.1 Å². The Labute approximate surface area is 95.0 Å². The molecule has 0 unspecified atom stereocenters. The Bertz CT molecular complexity index is 181. The zero-order chi connectivity index (χ0) is 11.5. The van der Waals surface area contributed by atoms with Crippen molar-refractivity contribution in [2.75, 3.05) is 13.1 Å². The van der Waals surface area contributed by atoms with Gasteiger partial charge in [0.1, 0.15) is 0 Å². The van der Waals surface area contributed by atoms with Crippen LogP contribution >= 0.6 is 0 Å². The van der Waals surface area contributed by atoms with Gasteiger partial charge in [-0.05, 0) is 57.4 Å². The molecule has 1 rings (SSSR count). The van der Waals surface area contributed by atoms with E-state index >= 15 is 0 Å². The predicted octanol–water partition coefficient (Wildman–Crippen LogP) is 2.53. The van der Waals surface area contributed by atoms with Crippen LogP contribution in [0.15, 0.2) is 0 Å². The SMILES string of the molecule is CC(C)(N)CNCC1CCC(C)(C)CC1. The molecule has 90 valence electrons. The van der Waals surface area contributed by atoms with Crippen LogP contribution in [-0.4, -0.2) is 18.6 Å². The Hall–Kier alpha value is -0.0800. The van der Waals surface area contributed by atoms with E-state index in [1.165, 1.54) is 25.7 Å². The van der Waals surface area contributed by atoms with Crippen molar-refractivity contribution in [2.24, 2.45) is 17.1 Å². The Morgan fingerprint density at radius 1 is 1.27 bits per heavy atom. The molecule has 3 N–H and O–H groups in total. The lowest BCUT2D eigenvalue weighted by Crippen LogP contribution is -2.44. The summed E-state index contributed by atoms with van der Waals surface area (Å²) in [5.74, 6) is 0.875. The van der Waals surface area contributed by atoms with Crippen LogP contribution in [0.3, 0.4) is 0 Å². The first-order chi connectivity index (χ1) is 6.79. The molecule has 2 nitrogen and oxygen atoms in total. The third-order valence-electron chi connectivity index (χ3n) is 3.47. The Morgan fingerprint density at radius 2 is 1.80 bits per heavy atom. The molecule has 1 fully saturated rings. The Balaban J connectivity index is 2.14.